The van der Waals surface area contributed by atoms with E-state index in [0.717, 1.165) is 16.0 Å². The first kappa shape index (κ1) is 11.1. The number of hydrogen-bond donors (Lipinski definition) is 1. The van der Waals surface area contributed by atoms with Gasteiger partial charge in [-0.15, -0.1) is 0 Å². The monoisotopic (exact) mass is 228 g/mol. The van der Waals surface area contributed by atoms with E-state index in [0.29, 0.717) is 5.82 Å². The third-order valence-corrected chi connectivity index (χ3v) is 2.49. The molecule has 0 bridgehead atoms. The maximum absolute atomic E-state index is 10.7. The molecule has 0 aliphatic heterocycles. The molecule has 1 aromatic heterocycles. The first-order valence-corrected chi connectivity index (χ1v) is 5.16. The molecule has 1 amide bonds. The van der Waals surface area contributed by atoms with Crippen molar-refractivity contribution in [2.75, 3.05) is 11.9 Å². The van der Waals surface area contributed by atoms with Gasteiger partial charge in [0.2, 0.25) is 0 Å². The second kappa shape index (κ2) is 4.65. The molecule has 4 heteroatoms. The van der Waals surface area contributed by atoms with Gasteiger partial charge in [0.25, 0.3) is 0 Å². The smallest absolute Gasteiger partial charge is 0.412 e. The second-order valence-corrected chi connectivity index (χ2v) is 3.61. The van der Waals surface area contributed by atoms with Crippen LogP contribution in [0.1, 0.15) is 0 Å². The normalized spacial score (nSPS) is 9.94. The van der Waals surface area contributed by atoms with Gasteiger partial charge in [-0.3, -0.25) is 4.90 Å². The highest BCUT2D eigenvalue weighted by atomic mass is 16.4. The summed E-state index contributed by atoms with van der Waals surface area (Å²) in [6.07, 6.45) is 0.648. The molecule has 4 nitrogen and oxygen atoms in total. The van der Waals surface area contributed by atoms with Crippen molar-refractivity contribution in [3.63, 3.8) is 0 Å². The lowest BCUT2D eigenvalue weighted by atomic mass is 10.1. The number of rotatable bonds is 2. The first-order chi connectivity index (χ1) is 8.18. The molecule has 2 aromatic rings. The van der Waals surface area contributed by atoms with Crippen LogP contribution in [0.15, 0.2) is 48.7 Å². The molecule has 2 rings (SSSR count). The maximum Gasteiger partial charge on any atom is 0.412 e. The number of anilines is 1. The van der Waals surface area contributed by atoms with Gasteiger partial charge in [0.15, 0.2) is 0 Å². The van der Waals surface area contributed by atoms with Gasteiger partial charge >= 0.3 is 6.09 Å². The van der Waals surface area contributed by atoms with Crippen LogP contribution in [0.25, 0.3) is 11.1 Å². The fourth-order valence-electron chi connectivity index (χ4n) is 1.48. The Hall–Kier alpha value is -2.36. The summed E-state index contributed by atoms with van der Waals surface area (Å²) in [4.78, 5) is 15.9. The molecule has 1 heterocycles. The number of carboxylic acid groups (broad SMARTS) is 1. The fraction of sp³-hybridized carbons (Fsp3) is 0.0769. The lowest BCUT2D eigenvalue weighted by Gasteiger charge is -2.11. The van der Waals surface area contributed by atoms with Crippen molar-refractivity contribution in [1.29, 1.82) is 0 Å². The molecule has 0 spiro atoms. The van der Waals surface area contributed by atoms with Crippen molar-refractivity contribution in [2.24, 2.45) is 0 Å². The van der Waals surface area contributed by atoms with Crippen LogP contribution in [-0.2, 0) is 0 Å². The highest BCUT2D eigenvalue weighted by molar-refractivity contribution is 5.84. The molecule has 0 radical (unpaired) electrons. The predicted molar refractivity (Wildman–Crippen MR) is 66.1 cm³/mol. The van der Waals surface area contributed by atoms with Gasteiger partial charge in [0.1, 0.15) is 5.82 Å². The van der Waals surface area contributed by atoms with Crippen molar-refractivity contribution in [1.82, 2.24) is 4.98 Å². The Kier molecular flexibility index (Phi) is 3.05. The summed E-state index contributed by atoms with van der Waals surface area (Å²) in [6, 6.07) is 13.4. The van der Waals surface area contributed by atoms with Crippen molar-refractivity contribution >= 4 is 11.9 Å². The van der Waals surface area contributed by atoms with Crippen molar-refractivity contribution in [2.45, 2.75) is 0 Å². The summed E-state index contributed by atoms with van der Waals surface area (Å²) < 4.78 is 0. The zero-order chi connectivity index (χ0) is 12.3. The van der Waals surface area contributed by atoms with Crippen LogP contribution in [0.5, 0.6) is 0 Å². The van der Waals surface area contributed by atoms with Gasteiger partial charge in [-0.2, -0.15) is 0 Å². The Morgan fingerprint density at radius 3 is 2.35 bits per heavy atom. The van der Waals surface area contributed by atoms with Gasteiger partial charge in [-0.05, 0) is 17.7 Å². The highest BCUT2D eigenvalue weighted by Crippen LogP contribution is 2.19. The lowest BCUT2D eigenvalue weighted by Crippen LogP contribution is -2.24. The van der Waals surface area contributed by atoms with E-state index in [1.807, 2.05) is 36.4 Å². The summed E-state index contributed by atoms with van der Waals surface area (Å²) in [5.41, 5.74) is 2.03. The topological polar surface area (TPSA) is 53.4 Å². The first-order valence-electron chi connectivity index (χ1n) is 5.16. The van der Waals surface area contributed by atoms with Crippen LogP contribution in [0, 0.1) is 0 Å². The number of aromatic nitrogens is 1. The Morgan fingerprint density at radius 1 is 1.12 bits per heavy atom. The van der Waals surface area contributed by atoms with Gasteiger partial charge in [-0.1, -0.05) is 30.3 Å². The van der Waals surface area contributed by atoms with E-state index in [9.17, 15) is 4.79 Å². The van der Waals surface area contributed by atoms with Gasteiger partial charge in [0, 0.05) is 18.8 Å². The third-order valence-electron chi connectivity index (χ3n) is 2.49. The minimum Gasteiger partial charge on any atom is -0.465 e. The Morgan fingerprint density at radius 2 is 1.82 bits per heavy atom. The summed E-state index contributed by atoms with van der Waals surface area (Å²) >= 11 is 0. The Labute approximate surface area is 99.2 Å². The van der Waals surface area contributed by atoms with Crippen LogP contribution < -0.4 is 4.90 Å². The molecular weight excluding hydrogens is 216 g/mol. The van der Waals surface area contributed by atoms with E-state index in [1.54, 1.807) is 12.3 Å². The van der Waals surface area contributed by atoms with Crippen LogP contribution in [0.4, 0.5) is 10.6 Å². The second-order valence-electron chi connectivity index (χ2n) is 3.61. The van der Waals surface area contributed by atoms with Crippen molar-refractivity contribution in [3.05, 3.63) is 48.7 Å². The molecule has 1 N–H and O–H groups in total. The molecule has 0 atom stereocenters. The third kappa shape index (κ3) is 2.42. The fourth-order valence-corrected chi connectivity index (χ4v) is 1.48. The van der Waals surface area contributed by atoms with E-state index in [2.05, 4.69) is 4.98 Å². The SMILES string of the molecule is CN(C(=O)O)c1ccc(-c2ccccc2)cn1. The molecular formula is C13H12N2O2. The maximum atomic E-state index is 10.7. The Balaban J connectivity index is 2.28. The van der Waals surface area contributed by atoms with Crippen LogP contribution >= 0.6 is 0 Å². The summed E-state index contributed by atoms with van der Waals surface area (Å²) in [5.74, 6) is 0.414. The summed E-state index contributed by atoms with van der Waals surface area (Å²) in [7, 11) is 1.47. The molecule has 0 saturated heterocycles. The molecule has 17 heavy (non-hydrogen) atoms. The highest BCUT2D eigenvalue weighted by Gasteiger charge is 2.09. The molecule has 0 fully saturated rings. The van der Waals surface area contributed by atoms with E-state index in [1.165, 1.54) is 7.05 Å². The van der Waals surface area contributed by atoms with Crippen molar-refractivity contribution < 1.29 is 9.90 Å². The average molecular weight is 228 g/mol. The number of benzene rings is 1. The largest absolute Gasteiger partial charge is 0.465 e. The Bertz CT molecular complexity index is 509. The summed E-state index contributed by atoms with van der Waals surface area (Å²) in [5, 5.41) is 8.81. The number of carbonyl (C=O) groups is 1. The molecule has 0 saturated carbocycles. The summed E-state index contributed by atoms with van der Waals surface area (Å²) in [6.45, 7) is 0. The standard InChI is InChI=1S/C13H12N2O2/c1-15(13(16)17)12-8-7-11(9-14-12)10-5-3-2-4-6-10/h2-9H,1H3,(H,16,17). The average Bonchev–Trinajstić information content (AvgIpc) is 2.39. The zero-order valence-corrected chi connectivity index (χ0v) is 9.37. The van der Waals surface area contributed by atoms with E-state index in [4.69, 9.17) is 5.11 Å². The van der Waals surface area contributed by atoms with Gasteiger partial charge < -0.3 is 5.11 Å². The van der Waals surface area contributed by atoms with Crippen LogP contribution in [0.3, 0.4) is 0 Å². The van der Waals surface area contributed by atoms with Gasteiger partial charge in [-0.25, -0.2) is 9.78 Å². The van der Waals surface area contributed by atoms with Crippen LogP contribution in [0.2, 0.25) is 0 Å². The van der Waals surface area contributed by atoms with E-state index >= 15 is 0 Å². The molecule has 0 aliphatic rings. The van der Waals surface area contributed by atoms with Gasteiger partial charge in [0.05, 0.1) is 0 Å². The number of nitrogens with zero attached hydrogens (tertiary/aromatic N) is 2. The zero-order valence-electron chi connectivity index (χ0n) is 9.37. The number of hydrogen-bond acceptors (Lipinski definition) is 2. The lowest BCUT2D eigenvalue weighted by molar-refractivity contribution is 0.203. The van der Waals surface area contributed by atoms with Crippen LogP contribution in [-0.4, -0.2) is 23.2 Å². The molecule has 1 aromatic carbocycles. The predicted octanol–water partition coefficient (Wildman–Crippen LogP) is 2.86. The van der Waals surface area contributed by atoms with E-state index in [-0.39, 0.29) is 0 Å². The molecule has 0 unspecified atom stereocenters. The molecule has 0 aliphatic carbocycles. The quantitative estimate of drug-likeness (QED) is 0.859. The van der Waals surface area contributed by atoms with E-state index < -0.39 is 6.09 Å². The van der Waals surface area contributed by atoms with Crippen molar-refractivity contribution in [3.8, 4) is 11.1 Å². The number of pyridine rings is 1. The minimum atomic E-state index is -1.02. The number of amides is 1. The minimum absolute atomic E-state index is 0.414. The molecule has 86 valence electrons.